The number of Topliss-reactive ketones (excluding diaryl/α,β-unsaturated/α-hetero) is 2. The van der Waals surface area contributed by atoms with E-state index in [2.05, 4.69) is 47.3 Å². The van der Waals surface area contributed by atoms with Gasteiger partial charge in [-0.05, 0) is 142 Å². The number of nitrogen functional groups attached to an aromatic ring is 2. The number of anilines is 3. The number of rotatable bonds is 23. The molecule has 9 N–H and O–H groups in total. The number of nitrogens with two attached hydrogens (primary N) is 3. The van der Waals surface area contributed by atoms with E-state index in [4.69, 9.17) is 64.6 Å². The standard InChI is InChI=1S/C96H133N17O19/c1-58-16-12-11-13-17-59(2)76(124-7)50-70-24-19-63(6)96(123,132-70)88(119)91(120)112-31-15-14-18-73(112)92(121)129-78(51-77(125-8)60(3)45-62(5)86(118)87(127-10)85(117)61(4)44-58)71(97)47-64-21-25-75(79(48-64)126-9)131-95(122)102-54-66-52-100-94(101-53-66)110-39-37-109(38-40-110)82(116)30-42-128-43-41-107-33-35-108(36-34-107)80(114)27-28-81(115)111-32-29-67-46-65(20-22-69(67)56-111)55-113-90-83(89(98)103-57-104-90)84(106-113)68-23-26-74-72(49-68)105-93(99)130-74/h11-13,16-17,20,22-23,26,45-46,49,52-53,57-58,60-61,63-64,70-71,73,75-79,86-87,118,123H,14-15,18-19,21,24-25,27-44,47-48,50-51,54-56,97H2,1-10H3,(H2,99,105)(H,102,122)(H2,98,103,104)/b13-11?,16-12+,59-17?,62-45+/t58-,60-,61-,63-,64+,70+,71-,73+,75-,76+,77-,78+,79-,86-,87+,96-/m1/s1. The van der Waals surface area contributed by atoms with Gasteiger partial charge in [-0.15, -0.1) is 0 Å². The fraction of sp³-hybridized carbons (Fsp3) is 0.604. The second kappa shape index (κ2) is 45.9. The van der Waals surface area contributed by atoms with E-state index in [1.165, 1.54) is 25.4 Å². The average molecular weight is 1830 g/mol. The molecule has 2 aromatic carbocycles. The number of fused-ring (bicyclic) bond motifs is 6. The van der Waals surface area contributed by atoms with Gasteiger partial charge in [0.05, 0.1) is 56.0 Å². The number of hydrogen-bond donors (Lipinski definition) is 6. The average Bonchev–Trinajstić information content (AvgIpc) is 1.60. The third-order valence-electron chi connectivity index (χ3n) is 27.4. The van der Waals surface area contributed by atoms with Crippen LogP contribution in [0.1, 0.15) is 160 Å². The fourth-order valence-electron chi connectivity index (χ4n) is 19.5. The van der Waals surface area contributed by atoms with Crippen LogP contribution < -0.4 is 27.4 Å². The number of methoxy groups -OCH3 is 4. The third kappa shape index (κ3) is 24.7. The number of nitrogens with zero attached hydrogens (tertiary/aromatic N) is 13. The topological polar surface area (TPSA) is 456 Å². The molecule has 0 unspecified atom stereocenters. The zero-order valence-corrected chi connectivity index (χ0v) is 77.8. The van der Waals surface area contributed by atoms with Crippen molar-refractivity contribution in [1.29, 1.82) is 0 Å². The first-order valence-corrected chi connectivity index (χ1v) is 46.6. The Labute approximate surface area is 771 Å². The highest BCUT2D eigenvalue weighted by Gasteiger charge is 2.54. The fourth-order valence-corrected chi connectivity index (χ4v) is 19.5. The quantitative estimate of drug-likeness (QED) is 0.0154. The van der Waals surface area contributed by atoms with Gasteiger partial charge in [-0.25, -0.2) is 34.2 Å². The largest absolute Gasteiger partial charge is 0.459 e. The molecule has 1 aliphatic carbocycles. The SMILES string of the molecule is CO[C@H]1C[C@@H]2CC[C@@H](C)[C@@](O)(O2)C(=O)C(=O)N2CCCC[C@H]2C(=O)O[C@H]([C@H](N)C[C@@H]2CC[C@@H](OC(=O)NCc3cnc(N4CCN(C(=O)CCOCCN5CCN(C(=O)CCC(=O)N6CCc7cc(Cn8nc(-c9ccc%10oc(N)nc%10c9)c9c(N)ncnc98)ccc7C6)CC5)CC4)nc3)[C@H](OC)C2)C[C@@H](OC)[C@H](C)/C=C(\C)[C@@H](O)[C@@H](OC)C(=O)[C@H](C)C[C@H](C)/C=C/C=CC=C1C. The number of allylic oxidation sites excluding steroid dienone is 5. The molecule has 4 saturated heterocycles. The van der Waals surface area contributed by atoms with Crippen LogP contribution >= 0.6 is 0 Å². The number of esters is 1. The lowest BCUT2D eigenvalue weighted by Gasteiger charge is -2.43. The molecule has 16 atom stereocenters. The van der Waals surface area contributed by atoms with Gasteiger partial charge >= 0.3 is 12.1 Å². The molecule has 10 heterocycles. The molecule has 132 heavy (non-hydrogen) atoms. The highest BCUT2D eigenvalue weighted by Crippen LogP contribution is 2.40. The first-order chi connectivity index (χ1) is 63.5. The Bertz CT molecular complexity index is 5120. The van der Waals surface area contributed by atoms with E-state index in [1.54, 1.807) is 46.5 Å². The van der Waals surface area contributed by atoms with Crippen LogP contribution in [-0.2, 0) is 97.5 Å². The van der Waals surface area contributed by atoms with Gasteiger partial charge in [0.15, 0.2) is 17.0 Å². The maximum atomic E-state index is 14.9. The first kappa shape index (κ1) is 99.0. The molecule has 7 aliphatic rings. The zero-order valence-electron chi connectivity index (χ0n) is 77.8. The number of hydrogen-bond acceptors (Lipinski definition) is 30. The van der Waals surface area contributed by atoms with Crippen molar-refractivity contribution in [3.63, 3.8) is 0 Å². The number of carbonyl (C=O) groups is 8. The van der Waals surface area contributed by atoms with Crippen LogP contribution in [0.5, 0.6) is 0 Å². The molecule has 0 spiro atoms. The van der Waals surface area contributed by atoms with Crippen molar-refractivity contribution in [1.82, 2.24) is 64.5 Å². The van der Waals surface area contributed by atoms with Crippen LogP contribution in [0.25, 0.3) is 33.4 Å². The molecule has 716 valence electrons. The summed E-state index contributed by atoms with van der Waals surface area (Å²) >= 11 is 0. The molecule has 2 bridgehead atoms. The Hall–Kier alpha value is -10.5. The molecule has 6 aromatic rings. The van der Waals surface area contributed by atoms with E-state index in [1.807, 2.05) is 107 Å². The third-order valence-corrected chi connectivity index (χ3v) is 27.4. The molecular weight excluding hydrogens is 1700 g/mol. The van der Waals surface area contributed by atoms with Crippen molar-refractivity contribution in [2.45, 2.75) is 231 Å². The van der Waals surface area contributed by atoms with Crippen molar-refractivity contribution in [3.05, 3.63) is 125 Å². The van der Waals surface area contributed by atoms with Crippen LogP contribution in [0.3, 0.4) is 0 Å². The Morgan fingerprint density at radius 1 is 0.705 bits per heavy atom. The second-order valence-electron chi connectivity index (χ2n) is 36.6. The number of ketones is 2. The van der Waals surface area contributed by atoms with E-state index in [0.717, 1.165) is 27.8 Å². The molecule has 36 heteroatoms. The maximum Gasteiger partial charge on any atom is 0.407 e. The predicted octanol–water partition coefficient (Wildman–Crippen LogP) is 7.77. The summed E-state index contributed by atoms with van der Waals surface area (Å²) in [5, 5.41) is 32.4. The molecule has 6 aliphatic heterocycles. The summed E-state index contributed by atoms with van der Waals surface area (Å²) < 4.78 is 55.8. The van der Waals surface area contributed by atoms with Crippen LogP contribution in [-0.4, -0.2) is 297 Å². The number of benzene rings is 2. The number of ether oxygens (including phenoxy) is 8. The molecule has 5 fully saturated rings. The monoisotopic (exact) mass is 1830 g/mol. The van der Waals surface area contributed by atoms with Crippen LogP contribution in [0.4, 0.5) is 22.6 Å². The summed E-state index contributed by atoms with van der Waals surface area (Å²) in [5.41, 5.74) is 27.8. The molecule has 36 nitrogen and oxygen atoms in total. The van der Waals surface area contributed by atoms with Gasteiger partial charge in [-0.2, -0.15) is 10.1 Å². The minimum absolute atomic E-state index is 0.00347. The molecule has 0 radical (unpaired) electrons. The minimum Gasteiger partial charge on any atom is -0.459 e. The highest BCUT2D eigenvalue weighted by molar-refractivity contribution is 6.39. The maximum absolute atomic E-state index is 14.9. The Balaban J connectivity index is 0.525. The summed E-state index contributed by atoms with van der Waals surface area (Å²) in [6, 6.07) is 9.80. The summed E-state index contributed by atoms with van der Waals surface area (Å²) in [4.78, 5) is 145. The molecule has 5 amide bonds. The smallest absolute Gasteiger partial charge is 0.407 e. The van der Waals surface area contributed by atoms with Gasteiger partial charge in [0.2, 0.25) is 29.5 Å². The molecule has 13 rings (SSSR count). The first-order valence-electron chi connectivity index (χ1n) is 46.6. The predicted molar refractivity (Wildman–Crippen MR) is 491 cm³/mol. The van der Waals surface area contributed by atoms with Crippen molar-refractivity contribution in [3.8, 4) is 11.3 Å². The minimum atomic E-state index is -2.49. The van der Waals surface area contributed by atoms with E-state index in [0.29, 0.717) is 200 Å². The number of carbonyl (C=O) groups excluding carboxylic acids is 8. The van der Waals surface area contributed by atoms with Gasteiger partial charge in [0, 0.05) is 187 Å². The van der Waals surface area contributed by atoms with Crippen molar-refractivity contribution >= 4 is 87.2 Å². The number of aromatic nitrogens is 7. The molecule has 1 saturated carbocycles. The lowest BCUT2D eigenvalue weighted by Crippen LogP contribution is -2.61. The normalized spacial score (nSPS) is 27.8. The van der Waals surface area contributed by atoms with Crippen LogP contribution in [0, 0.1) is 29.6 Å². The lowest BCUT2D eigenvalue weighted by molar-refractivity contribution is -0.265. The van der Waals surface area contributed by atoms with E-state index in [9.17, 15) is 48.6 Å². The molecule has 4 aromatic heterocycles. The van der Waals surface area contributed by atoms with Gasteiger partial charge in [0.1, 0.15) is 53.8 Å². The van der Waals surface area contributed by atoms with E-state index >= 15 is 0 Å². The van der Waals surface area contributed by atoms with Crippen molar-refractivity contribution in [2.75, 3.05) is 130 Å². The van der Waals surface area contributed by atoms with Gasteiger partial charge < -0.3 is 99.5 Å². The number of nitrogens with one attached hydrogen (secondary N) is 1. The Morgan fingerprint density at radius 3 is 2.17 bits per heavy atom. The Kier molecular flexibility index (Phi) is 34.4. The van der Waals surface area contributed by atoms with Gasteiger partial charge in [-0.3, -0.25) is 33.7 Å². The van der Waals surface area contributed by atoms with Gasteiger partial charge in [0.25, 0.3) is 17.7 Å². The zero-order chi connectivity index (χ0) is 94.0. The lowest BCUT2D eigenvalue weighted by atomic mass is 9.80. The summed E-state index contributed by atoms with van der Waals surface area (Å²) in [6.45, 7) is 18.4. The number of oxazole rings is 1. The summed E-state index contributed by atoms with van der Waals surface area (Å²) in [6.07, 6.45) is 14.8. The summed E-state index contributed by atoms with van der Waals surface area (Å²) in [7, 11) is 6.05. The number of aliphatic hydroxyl groups excluding tert-OH is 1. The number of aliphatic hydroxyl groups is 2. The number of cyclic esters (lactones) is 1. The number of alkyl carbamates (subject to hydrolysis) is 1. The highest BCUT2D eigenvalue weighted by atomic mass is 16.6. The van der Waals surface area contributed by atoms with E-state index in [-0.39, 0.29) is 99.6 Å². The second-order valence-corrected chi connectivity index (χ2v) is 36.6. The number of amides is 5. The van der Waals surface area contributed by atoms with Crippen LogP contribution in [0.2, 0.25) is 0 Å². The van der Waals surface area contributed by atoms with E-state index < -0.39 is 108 Å². The number of piperazine rings is 2. The van der Waals surface area contributed by atoms with Crippen molar-refractivity contribution in [2.24, 2.45) is 35.3 Å². The van der Waals surface area contributed by atoms with Crippen molar-refractivity contribution < 1.29 is 90.9 Å². The van der Waals surface area contributed by atoms with Gasteiger partial charge in [-0.1, -0.05) is 82.4 Å². The summed E-state index contributed by atoms with van der Waals surface area (Å²) in [5.74, 6) is -6.81. The number of piperidine rings is 1. The Morgan fingerprint density at radius 2 is 1.44 bits per heavy atom. The molecular formula is C96H133N17O19. The van der Waals surface area contributed by atoms with Crippen LogP contribution in [0.15, 0.2) is 107 Å².